The molecule has 0 saturated heterocycles. The first-order valence-electron chi connectivity index (χ1n) is 9.10. The number of nitrogens with one attached hydrogen (secondary N) is 2. The van der Waals surface area contributed by atoms with Gasteiger partial charge in [0.25, 0.3) is 5.91 Å². The number of halogens is 4. The van der Waals surface area contributed by atoms with E-state index < -0.39 is 31.2 Å². The monoisotopic (exact) mass is 413 g/mol. The number of carbonyl (C=O) groups excluding carboxylic acids is 1. The van der Waals surface area contributed by atoms with E-state index in [-0.39, 0.29) is 12.2 Å². The Morgan fingerprint density at radius 1 is 1.07 bits per heavy atom. The Morgan fingerprint density at radius 2 is 1.76 bits per heavy atom. The molecule has 1 amide bonds. The van der Waals surface area contributed by atoms with Crippen molar-refractivity contribution in [1.29, 1.82) is 0 Å². The zero-order valence-electron chi connectivity index (χ0n) is 15.6. The molecule has 9 heteroatoms. The molecule has 29 heavy (non-hydrogen) atoms. The molecule has 0 bridgehead atoms. The maximum Gasteiger partial charge on any atom is 0.315 e. The van der Waals surface area contributed by atoms with Crippen LogP contribution >= 0.6 is 0 Å². The molecular weight excluding hydrogens is 390 g/mol. The highest BCUT2D eigenvalue weighted by molar-refractivity contribution is 5.79. The quantitative estimate of drug-likeness (QED) is 0.391. The molecule has 0 saturated carbocycles. The van der Waals surface area contributed by atoms with Crippen LogP contribution in [0.2, 0.25) is 0 Å². The largest absolute Gasteiger partial charge is 0.386 e. The van der Waals surface area contributed by atoms with Crippen LogP contribution in [0.15, 0.2) is 42.6 Å². The molecule has 0 unspecified atom stereocenters. The van der Waals surface area contributed by atoms with Crippen molar-refractivity contribution < 1.29 is 27.5 Å². The van der Waals surface area contributed by atoms with E-state index in [1.54, 1.807) is 23.6 Å². The lowest BCUT2D eigenvalue weighted by Crippen LogP contribution is -2.43. The van der Waals surface area contributed by atoms with Gasteiger partial charge in [-0.1, -0.05) is 30.3 Å². The van der Waals surface area contributed by atoms with Crippen LogP contribution in [0.25, 0.3) is 11.1 Å². The minimum absolute atomic E-state index is 0.285. The Kier molecular flexibility index (Phi) is 9.01. The number of amides is 1. The van der Waals surface area contributed by atoms with Crippen LogP contribution in [0, 0.1) is 0 Å². The van der Waals surface area contributed by atoms with Crippen molar-refractivity contribution in [3.05, 3.63) is 53.9 Å². The van der Waals surface area contributed by atoms with E-state index in [0.717, 1.165) is 16.8 Å². The number of aliphatic hydroxyl groups is 1. The summed E-state index contributed by atoms with van der Waals surface area (Å²) in [7, 11) is 0. The van der Waals surface area contributed by atoms with E-state index in [4.69, 9.17) is 0 Å². The summed E-state index contributed by atoms with van der Waals surface area (Å²) >= 11 is 0. The van der Waals surface area contributed by atoms with Crippen LogP contribution in [0.5, 0.6) is 0 Å². The predicted molar refractivity (Wildman–Crippen MR) is 101 cm³/mol. The third-order valence-electron chi connectivity index (χ3n) is 4.28. The summed E-state index contributed by atoms with van der Waals surface area (Å²) in [6, 6.07) is 8.65. The van der Waals surface area contributed by atoms with Crippen LogP contribution in [0.1, 0.15) is 23.8 Å². The maximum absolute atomic E-state index is 13.1. The normalized spacial score (nSPS) is 13.3. The second-order valence-electron chi connectivity index (χ2n) is 6.39. The van der Waals surface area contributed by atoms with E-state index in [9.17, 15) is 27.5 Å². The molecule has 2 aromatic rings. The number of pyridine rings is 1. The molecule has 2 atom stereocenters. The molecule has 1 aromatic heterocycles. The Bertz CT molecular complexity index is 757. The molecule has 0 radical (unpaired) electrons. The van der Waals surface area contributed by atoms with Crippen molar-refractivity contribution >= 4 is 5.91 Å². The number of rotatable bonds is 11. The molecule has 0 fully saturated rings. The lowest BCUT2D eigenvalue weighted by molar-refractivity contribution is -0.133. The minimum Gasteiger partial charge on any atom is -0.386 e. The number of nitrogens with zero attached hydrogens (tertiary/aromatic N) is 1. The molecule has 0 spiro atoms. The molecule has 3 N–H and O–H groups in total. The number of alkyl halides is 4. The third-order valence-corrected chi connectivity index (χ3v) is 4.28. The maximum atomic E-state index is 13.1. The fourth-order valence-electron chi connectivity index (χ4n) is 2.66. The van der Waals surface area contributed by atoms with E-state index in [1.165, 1.54) is 12.1 Å². The molecule has 5 nitrogen and oxygen atoms in total. The van der Waals surface area contributed by atoms with E-state index in [0.29, 0.717) is 19.5 Å². The van der Waals surface area contributed by atoms with Crippen molar-refractivity contribution in [3.63, 3.8) is 0 Å². The number of carbonyl (C=O) groups is 1. The standard InChI is InChI=1S/C20H23F4N3O2/c21-8-1-9-25-12-16-7-6-15(11-26-16)13-2-4-14(5-3-13)18(28)17(10-22)27-20(29)19(23)24/h2-7,11,17-19,25,28H,1,8-10,12H2,(H,27,29)/t17-,18-/m1/s1. The molecule has 0 aliphatic heterocycles. The number of aliphatic hydroxyl groups excluding tert-OH is 1. The number of hydrogen-bond donors (Lipinski definition) is 3. The van der Waals surface area contributed by atoms with Gasteiger partial charge in [-0.3, -0.25) is 14.2 Å². The fourth-order valence-corrected chi connectivity index (χ4v) is 2.66. The summed E-state index contributed by atoms with van der Waals surface area (Å²) in [5.41, 5.74) is 2.69. The topological polar surface area (TPSA) is 74.2 Å². The molecule has 158 valence electrons. The first-order valence-corrected chi connectivity index (χ1v) is 9.10. The SMILES string of the molecule is O=C(N[C@H](CF)[C@H](O)c1ccc(-c2ccc(CNCCCF)nc2)cc1)C(F)F. The van der Waals surface area contributed by atoms with Gasteiger partial charge in [-0.25, -0.2) is 4.39 Å². The van der Waals surface area contributed by atoms with Crippen LogP contribution in [0.3, 0.4) is 0 Å². The lowest BCUT2D eigenvalue weighted by atomic mass is 9.99. The Morgan fingerprint density at radius 3 is 2.31 bits per heavy atom. The summed E-state index contributed by atoms with van der Waals surface area (Å²) in [5.74, 6) is -1.63. The lowest BCUT2D eigenvalue weighted by Gasteiger charge is -2.22. The van der Waals surface area contributed by atoms with Crippen LogP contribution < -0.4 is 10.6 Å². The smallest absolute Gasteiger partial charge is 0.315 e. The van der Waals surface area contributed by atoms with Gasteiger partial charge in [-0.05, 0) is 30.2 Å². The van der Waals surface area contributed by atoms with Crippen LogP contribution in [-0.2, 0) is 11.3 Å². The molecule has 0 aliphatic rings. The predicted octanol–water partition coefficient (Wildman–Crippen LogP) is 2.95. The van der Waals surface area contributed by atoms with Gasteiger partial charge in [0, 0.05) is 18.3 Å². The summed E-state index contributed by atoms with van der Waals surface area (Å²) in [6.07, 6.45) is -2.63. The van der Waals surface area contributed by atoms with E-state index in [2.05, 4.69) is 10.3 Å². The summed E-state index contributed by atoms with van der Waals surface area (Å²) in [4.78, 5) is 15.4. The molecule has 1 heterocycles. The van der Waals surface area contributed by atoms with Gasteiger partial charge in [0.2, 0.25) is 0 Å². The van der Waals surface area contributed by atoms with Gasteiger partial charge in [0.05, 0.1) is 18.4 Å². The van der Waals surface area contributed by atoms with E-state index >= 15 is 0 Å². The zero-order chi connectivity index (χ0) is 21.2. The van der Waals surface area contributed by atoms with Crippen LogP contribution in [-0.4, -0.2) is 48.4 Å². The minimum atomic E-state index is -3.28. The van der Waals surface area contributed by atoms with Gasteiger partial charge < -0.3 is 15.7 Å². The third kappa shape index (κ3) is 6.79. The van der Waals surface area contributed by atoms with Crippen molar-refractivity contribution in [2.75, 3.05) is 19.9 Å². The average molecular weight is 413 g/mol. The van der Waals surface area contributed by atoms with Gasteiger partial charge in [0.1, 0.15) is 12.8 Å². The Labute approximate surface area is 166 Å². The molecular formula is C20H23F4N3O2. The van der Waals surface area contributed by atoms with Crippen molar-refractivity contribution in [3.8, 4) is 11.1 Å². The fraction of sp³-hybridized carbons (Fsp3) is 0.400. The van der Waals surface area contributed by atoms with Crippen molar-refractivity contribution in [2.24, 2.45) is 0 Å². The van der Waals surface area contributed by atoms with Gasteiger partial charge in [-0.15, -0.1) is 0 Å². The number of benzene rings is 1. The highest BCUT2D eigenvalue weighted by Gasteiger charge is 2.26. The van der Waals surface area contributed by atoms with Crippen LogP contribution in [0.4, 0.5) is 17.6 Å². The van der Waals surface area contributed by atoms with Gasteiger partial charge >= 0.3 is 6.43 Å². The highest BCUT2D eigenvalue weighted by Crippen LogP contribution is 2.23. The first kappa shape index (κ1) is 22.8. The average Bonchev–Trinajstić information content (AvgIpc) is 2.75. The molecule has 2 rings (SSSR count). The number of aromatic nitrogens is 1. The Hall–Kier alpha value is -2.52. The summed E-state index contributed by atoms with van der Waals surface area (Å²) < 4.78 is 49.8. The molecule has 0 aliphatic carbocycles. The van der Waals surface area contributed by atoms with Gasteiger partial charge in [-0.2, -0.15) is 8.78 Å². The Balaban J connectivity index is 2.00. The first-order chi connectivity index (χ1) is 14.0. The highest BCUT2D eigenvalue weighted by atomic mass is 19.3. The summed E-state index contributed by atoms with van der Waals surface area (Å²) in [6.45, 7) is -0.456. The van der Waals surface area contributed by atoms with Gasteiger partial charge in [0.15, 0.2) is 0 Å². The van der Waals surface area contributed by atoms with Crippen molar-refractivity contribution in [1.82, 2.24) is 15.6 Å². The second-order valence-corrected chi connectivity index (χ2v) is 6.39. The molecule has 1 aromatic carbocycles. The second kappa shape index (κ2) is 11.5. The van der Waals surface area contributed by atoms with E-state index in [1.807, 2.05) is 12.1 Å². The number of hydrogen-bond acceptors (Lipinski definition) is 4. The van der Waals surface area contributed by atoms with Crippen molar-refractivity contribution in [2.45, 2.75) is 31.5 Å². The summed E-state index contributed by atoms with van der Waals surface area (Å²) in [5, 5.41) is 15.1. The zero-order valence-corrected chi connectivity index (χ0v) is 15.6.